The van der Waals surface area contributed by atoms with E-state index >= 15 is 0 Å². The van der Waals surface area contributed by atoms with E-state index in [4.69, 9.17) is 0 Å². The predicted octanol–water partition coefficient (Wildman–Crippen LogP) is 2.86. The van der Waals surface area contributed by atoms with Crippen molar-refractivity contribution in [3.05, 3.63) is 35.2 Å². The lowest BCUT2D eigenvalue weighted by Crippen LogP contribution is -2.37. The molecule has 1 aromatic heterocycles. The first-order valence-electron chi connectivity index (χ1n) is 6.18. The summed E-state index contributed by atoms with van der Waals surface area (Å²) in [5.41, 5.74) is 1.40. The molecule has 0 amide bonds. The molecule has 1 saturated heterocycles. The Balaban J connectivity index is 1.80. The van der Waals surface area contributed by atoms with E-state index in [0.29, 0.717) is 0 Å². The monoisotopic (exact) mass is 247 g/mol. The van der Waals surface area contributed by atoms with Gasteiger partial charge < -0.3 is 5.11 Å². The maximum Gasteiger partial charge on any atom is 0.0667 e. The van der Waals surface area contributed by atoms with Gasteiger partial charge in [0.1, 0.15) is 0 Å². The fraction of sp³-hybridized carbons (Fsp3) is 0.429. The second-order valence-electron chi connectivity index (χ2n) is 4.79. The zero-order valence-corrected chi connectivity index (χ0v) is 10.6. The molecule has 0 unspecified atom stereocenters. The van der Waals surface area contributed by atoms with Crippen molar-refractivity contribution in [1.29, 1.82) is 0 Å². The van der Waals surface area contributed by atoms with Crippen molar-refractivity contribution < 1.29 is 5.11 Å². The van der Waals surface area contributed by atoms with Crippen LogP contribution in [0, 0.1) is 0 Å². The molecule has 17 heavy (non-hydrogen) atoms. The summed E-state index contributed by atoms with van der Waals surface area (Å²) >= 11 is 1.81. The number of β-amino-alcohol motifs (C(OH)–C–C–N with tert-alkyl or cyclic N) is 1. The first-order chi connectivity index (χ1) is 8.33. The van der Waals surface area contributed by atoms with Gasteiger partial charge in [0.2, 0.25) is 0 Å². The molecule has 0 saturated carbocycles. The largest absolute Gasteiger partial charge is 0.392 e. The van der Waals surface area contributed by atoms with Crippen LogP contribution in [0.1, 0.15) is 18.4 Å². The van der Waals surface area contributed by atoms with Gasteiger partial charge in [0, 0.05) is 17.8 Å². The first kappa shape index (κ1) is 11.2. The van der Waals surface area contributed by atoms with Crippen LogP contribution in [-0.4, -0.2) is 29.2 Å². The number of likely N-dealkylation sites (tertiary alicyclic amines) is 1. The third kappa shape index (κ3) is 2.37. The Labute approximate surface area is 105 Å². The van der Waals surface area contributed by atoms with Crippen LogP contribution < -0.4 is 0 Å². The number of thiophene rings is 1. The molecule has 0 bridgehead atoms. The number of aliphatic hydroxyl groups is 1. The second-order valence-corrected chi connectivity index (χ2v) is 5.70. The van der Waals surface area contributed by atoms with Gasteiger partial charge in [-0.25, -0.2) is 0 Å². The highest BCUT2D eigenvalue weighted by Gasteiger charge is 2.18. The number of fused-ring (bicyclic) bond motifs is 1. The van der Waals surface area contributed by atoms with E-state index in [1.54, 1.807) is 0 Å². The number of piperidine rings is 1. The van der Waals surface area contributed by atoms with Gasteiger partial charge in [-0.2, -0.15) is 0 Å². The minimum Gasteiger partial charge on any atom is -0.392 e. The molecule has 1 aliphatic rings. The highest BCUT2D eigenvalue weighted by atomic mass is 32.1. The Hall–Kier alpha value is -0.900. The Morgan fingerprint density at radius 1 is 1.35 bits per heavy atom. The van der Waals surface area contributed by atoms with Crippen molar-refractivity contribution >= 4 is 21.4 Å². The Morgan fingerprint density at radius 2 is 2.24 bits per heavy atom. The van der Waals surface area contributed by atoms with Crippen molar-refractivity contribution in [2.75, 3.05) is 13.1 Å². The van der Waals surface area contributed by atoms with Gasteiger partial charge in [-0.3, -0.25) is 4.90 Å². The van der Waals surface area contributed by atoms with E-state index < -0.39 is 0 Å². The molecule has 3 heteroatoms. The highest BCUT2D eigenvalue weighted by molar-refractivity contribution is 7.17. The van der Waals surface area contributed by atoms with Crippen molar-refractivity contribution in [3.8, 4) is 0 Å². The maximum atomic E-state index is 9.68. The Morgan fingerprint density at radius 3 is 3.12 bits per heavy atom. The molecule has 1 atom stereocenters. The van der Waals surface area contributed by atoms with Gasteiger partial charge in [0.15, 0.2) is 0 Å². The molecule has 2 heterocycles. The maximum absolute atomic E-state index is 9.68. The zero-order chi connectivity index (χ0) is 11.7. The minimum absolute atomic E-state index is 0.131. The number of benzene rings is 1. The molecule has 1 aliphatic heterocycles. The van der Waals surface area contributed by atoms with E-state index in [0.717, 1.165) is 32.5 Å². The van der Waals surface area contributed by atoms with Crippen LogP contribution in [0.4, 0.5) is 0 Å². The molecule has 0 spiro atoms. The molecule has 90 valence electrons. The van der Waals surface area contributed by atoms with Gasteiger partial charge in [-0.05, 0) is 41.8 Å². The van der Waals surface area contributed by atoms with Crippen LogP contribution in [0.3, 0.4) is 0 Å². The number of aliphatic hydroxyl groups excluding tert-OH is 1. The van der Waals surface area contributed by atoms with Gasteiger partial charge in [-0.15, -0.1) is 11.3 Å². The molecule has 0 radical (unpaired) electrons. The van der Waals surface area contributed by atoms with Crippen LogP contribution >= 0.6 is 11.3 Å². The van der Waals surface area contributed by atoms with Crippen LogP contribution in [0.25, 0.3) is 10.1 Å². The summed E-state index contributed by atoms with van der Waals surface area (Å²) in [6, 6.07) is 8.56. The summed E-state index contributed by atoms with van der Waals surface area (Å²) < 4.78 is 1.36. The Kier molecular flexibility index (Phi) is 3.14. The number of rotatable bonds is 2. The molecule has 1 N–H and O–H groups in total. The second kappa shape index (κ2) is 4.77. The van der Waals surface area contributed by atoms with Crippen molar-refractivity contribution in [1.82, 2.24) is 4.90 Å². The highest BCUT2D eigenvalue weighted by Crippen LogP contribution is 2.27. The number of hydrogen-bond donors (Lipinski definition) is 1. The molecule has 2 nitrogen and oxygen atoms in total. The minimum atomic E-state index is -0.131. The van der Waals surface area contributed by atoms with Crippen LogP contribution in [0.2, 0.25) is 0 Å². The quantitative estimate of drug-likeness (QED) is 0.882. The van der Waals surface area contributed by atoms with Gasteiger partial charge in [-0.1, -0.05) is 18.2 Å². The van der Waals surface area contributed by atoms with E-state index in [9.17, 15) is 5.11 Å². The normalized spacial score (nSPS) is 22.1. The lowest BCUT2D eigenvalue weighted by Gasteiger charge is -2.29. The fourth-order valence-electron chi connectivity index (χ4n) is 2.57. The number of hydrogen-bond acceptors (Lipinski definition) is 3. The third-order valence-electron chi connectivity index (χ3n) is 3.44. The molecule has 2 aromatic rings. The van der Waals surface area contributed by atoms with E-state index in [-0.39, 0.29) is 6.10 Å². The topological polar surface area (TPSA) is 23.5 Å². The summed E-state index contributed by atoms with van der Waals surface area (Å²) in [4.78, 5) is 2.36. The molecular formula is C14H17NOS. The van der Waals surface area contributed by atoms with E-state index in [1.807, 2.05) is 11.3 Å². The summed E-state index contributed by atoms with van der Waals surface area (Å²) in [7, 11) is 0. The Bertz CT molecular complexity index is 508. The molecule has 3 rings (SSSR count). The van der Waals surface area contributed by atoms with Crippen molar-refractivity contribution in [3.63, 3.8) is 0 Å². The summed E-state index contributed by atoms with van der Waals surface area (Å²) in [5.74, 6) is 0. The summed E-state index contributed by atoms with van der Waals surface area (Å²) in [5, 5.41) is 13.3. The van der Waals surface area contributed by atoms with Crippen molar-refractivity contribution in [2.24, 2.45) is 0 Å². The zero-order valence-electron chi connectivity index (χ0n) is 9.80. The molecular weight excluding hydrogens is 230 g/mol. The molecule has 0 aliphatic carbocycles. The average molecular weight is 247 g/mol. The van der Waals surface area contributed by atoms with Gasteiger partial charge >= 0.3 is 0 Å². The van der Waals surface area contributed by atoms with E-state index in [1.165, 1.54) is 15.6 Å². The van der Waals surface area contributed by atoms with Crippen LogP contribution in [0.5, 0.6) is 0 Å². The predicted molar refractivity (Wildman–Crippen MR) is 72.3 cm³/mol. The SMILES string of the molecule is O[C@H]1CCCN(Cc2csc3ccccc23)C1. The summed E-state index contributed by atoms with van der Waals surface area (Å²) in [6.07, 6.45) is 1.94. The fourth-order valence-corrected chi connectivity index (χ4v) is 3.52. The van der Waals surface area contributed by atoms with Gasteiger partial charge in [0.05, 0.1) is 6.10 Å². The van der Waals surface area contributed by atoms with Crippen LogP contribution in [-0.2, 0) is 6.54 Å². The lowest BCUT2D eigenvalue weighted by molar-refractivity contribution is 0.0671. The first-order valence-corrected chi connectivity index (χ1v) is 7.06. The molecule has 1 fully saturated rings. The van der Waals surface area contributed by atoms with Gasteiger partial charge in [0.25, 0.3) is 0 Å². The van der Waals surface area contributed by atoms with Crippen molar-refractivity contribution in [2.45, 2.75) is 25.5 Å². The standard InChI is InChI=1S/C14H17NOS/c16-12-4-3-7-15(9-12)8-11-10-17-14-6-2-1-5-13(11)14/h1-2,5-6,10,12,16H,3-4,7-9H2/t12-/m0/s1. The third-order valence-corrected chi connectivity index (χ3v) is 4.45. The lowest BCUT2D eigenvalue weighted by atomic mass is 10.1. The number of nitrogens with zero attached hydrogens (tertiary/aromatic N) is 1. The smallest absolute Gasteiger partial charge is 0.0667 e. The van der Waals surface area contributed by atoms with Crippen LogP contribution in [0.15, 0.2) is 29.6 Å². The molecule has 1 aromatic carbocycles. The van der Waals surface area contributed by atoms with E-state index in [2.05, 4.69) is 34.5 Å². The average Bonchev–Trinajstić information content (AvgIpc) is 2.73. The summed E-state index contributed by atoms with van der Waals surface area (Å²) in [6.45, 7) is 2.91.